The third-order valence-corrected chi connectivity index (χ3v) is 4.71. The van der Waals surface area contributed by atoms with Gasteiger partial charge in [-0.15, -0.1) is 0 Å². The maximum absolute atomic E-state index is 13.5. The summed E-state index contributed by atoms with van der Waals surface area (Å²) in [5.74, 6) is 1.23. The molecule has 0 amide bonds. The first-order chi connectivity index (χ1) is 11.6. The van der Waals surface area contributed by atoms with Crippen molar-refractivity contribution in [1.29, 1.82) is 0 Å². The minimum atomic E-state index is -0.210. The Morgan fingerprint density at radius 2 is 2.04 bits per heavy atom. The number of aryl methyl sites for hydroxylation is 1. The lowest BCUT2D eigenvalue weighted by Crippen LogP contribution is -2.44. The van der Waals surface area contributed by atoms with Crippen molar-refractivity contribution in [1.82, 2.24) is 0 Å². The van der Waals surface area contributed by atoms with Gasteiger partial charge in [-0.1, -0.05) is 0 Å². The van der Waals surface area contributed by atoms with Gasteiger partial charge < -0.3 is 19.7 Å². The molecule has 2 heterocycles. The Morgan fingerprint density at radius 1 is 1.21 bits per heavy atom. The van der Waals surface area contributed by atoms with Crippen LogP contribution in [0.2, 0.25) is 0 Å². The first kappa shape index (κ1) is 15.2. The molecule has 2 aliphatic rings. The highest BCUT2D eigenvalue weighted by atomic mass is 32.1. The van der Waals surface area contributed by atoms with Crippen LogP contribution in [0.5, 0.6) is 11.5 Å². The van der Waals surface area contributed by atoms with Crippen molar-refractivity contribution in [2.75, 3.05) is 17.0 Å². The fraction of sp³-hybridized carbons (Fsp3) is 0.278. The summed E-state index contributed by atoms with van der Waals surface area (Å²) in [6.45, 7) is 2.37. The summed E-state index contributed by atoms with van der Waals surface area (Å²) in [6, 6.07) is 10.8. The van der Waals surface area contributed by atoms with Gasteiger partial charge in [0.05, 0.1) is 0 Å². The van der Waals surface area contributed by atoms with Crippen LogP contribution >= 0.6 is 12.2 Å². The molecule has 2 aromatic rings. The molecule has 0 saturated heterocycles. The molecule has 2 aromatic carbocycles. The van der Waals surface area contributed by atoms with Gasteiger partial charge in [0.1, 0.15) is 5.82 Å². The highest BCUT2D eigenvalue weighted by molar-refractivity contribution is 7.80. The molecule has 0 bridgehead atoms. The molecule has 0 aliphatic carbocycles. The van der Waals surface area contributed by atoms with E-state index in [9.17, 15) is 4.39 Å². The van der Waals surface area contributed by atoms with Gasteiger partial charge in [0.15, 0.2) is 16.6 Å². The smallest absolute Gasteiger partial charge is 0.231 e. The predicted molar refractivity (Wildman–Crippen MR) is 95.4 cm³/mol. The number of rotatable bonds is 1. The molecular formula is C18H17FN2O2S. The van der Waals surface area contributed by atoms with E-state index in [2.05, 4.69) is 17.1 Å². The zero-order valence-corrected chi connectivity index (χ0v) is 14.0. The Hall–Kier alpha value is -2.34. The van der Waals surface area contributed by atoms with Crippen LogP contribution in [0.25, 0.3) is 0 Å². The van der Waals surface area contributed by atoms with Gasteiger partial charge in [-0.05, 0) is 67.9 Å². The van der Waals surface area contributed by atoms with Crippen LogP contribution in [0, 0.1) is 5.82 Å². The lowest BCUT2D eigenvalue weighted by atomic mass is 9.97. The normalized spacial score (nSPS) is 18.2. The summed E-state index contributed by atoms with van der Waals surface area (Å²) in [5, 5.41) is 3.85. The van der Waals surface area contributed by atoms with Crippen molar-refractivity contribution in [2.45, 2.75) is 25.8 Å². The van der Waals surface area contributed by atoms with Crippen molar-refractivity contribution in [2.24, 2.45) is 0 Å². The summed E-state index contributed by atoms with van der Waals surface area (Å²) in [6.07, 6.45) is 1.79. The predicted octanol–water partition coefficient (Wildman–Crippen LogP) is 4.09. The Labute approximate surface area is 145 Å². The van der Waals surface area contributed by atoms with Gasteiger partial charge in [0.25, 0.3) is 0 Å². The molecule has 1 unspecified atom stereocenters. The van der Waals surface area contributed by atoms with Crippen LogP contribution in [0.4, 0.5) is 15.8 Å². The molecule has 0 radical (unpaired) electrons. The van der Waals surface area contributed by atoms with Gasteiger partial charge in [-0.25, -0.2) is 4.39 Å². The molecular weight excluding hydrogens is 327 g/mol. The second kappa shape index (κ2) is 5.94. The minimum absolute atomic E-state index is 0.210. The first-order valence-electron chi connectivity index (χ1n) is 7.90. The summed E-state index contributed by atoms with van der Waals surface area (Å²) >= 11 is 5.62. The number of fused-ring (bicyclic) bond motifs is 2. The van der Waals surface area contributed by atoms with Crippen molar-refractivity contribution in [3.63, 3.8) is 0 Å². The number of halogens is 1. The largest absolute Gasteiger partial charge is 0.454 e. The van der Waals surface area contributed by atoms with Gasteiger partial charge >= 0.3 is 0 Å². The monoisotopic (exact) mass is 344 g/mol. The number of nitrogens with one attached hydrogen (secondary N) is 1. The number of hydrogen-bond acceptors (Lipinski definition) is 3. The van der Waals surface area contributed by atoms with Crippen molar-refractivity contribution < 1.29 is 13.9 Å². The van der Waals surface area contributed by atoms with E-state index in [0.29, 0.717) is 10.9 Å². The first-order valence-corrected chi connectivity index (χ1v) is 8.31. The van der Waals surface area contributed by atoms with Crippen molar-refractivity contribution in [3.8, 4) is 11.5 Å². The average molecular weight is 344 g/mol. The van der Waals surface area contributed by atoms with Crippen molar-refractivity contribution >= 4 is 28.7 Å². The third kappa shape index (κ3) is 2.67. The summed E-state index contributed by atoms with van der Waals surface area (Å²) in [5.41, 5.74) is 2.79. The molecule has 4 nitrogen and oxygen atoms in total. The number of nitrogens with zero attached hydrogens (tertiary/aromatic N) is 1. The minimum Gasteiger partial charge on any atom is -0.454 e. The van der Waals surface area contributed by atoms with Gasteiger partial charge in [0, 0.05) is 23.5 Å². The molecule has 6 heteroatoms. The number of ether oxygens (including phenoxy) is 2. The van der Waals surface area contributed by atoms with E-state index in [4.69, 9.17) is 21.7 Å². The van der Waals surface area contributed by atoms with E-state index in [-0.39, 0.29) is 18.7 Å². The van der Waals surface area contributed by atoms with Crippen LogP contribution < -0.4 is 19.7 Å². The second-order valence-electron chi connectivity index (χ2n) is 6.03. The van der Waals surface area contributed by atoms with Crippen LogP contribution in [-0.2, 0) is 6.42 Å². The molecule has 124 valence electrons. The number of anilines is 2. The summed E-state index contributed by atoms with van der Waals surface area (Å²) in [7, 11) is 0. The van der Waals surface area contributed by atoms with Crippen LogP contribution in [0.1, 0.15) is 18.9 Å². The van der Waals surface area contributed by atoms with Crippen LogP contribution in [0.3, 0.4) is 0 Å². The molecule has 0 spiro atoms. The fourth-order valence-electron chi connectivity index (χ4n) is 3.19. The zero-order valence-electron chi connectivity index (χ0n) is 13.2. The third-order valence-electron chi connectivity index (χ3n) is 4.42. The molecule has 4 rings (SSSR count). The second-order valence-corrected chi connectivity index (χ2v) is 6.42. The molecule has 1 N–H and O–H groups in total. The SMILES string of the molecule is CC1CCc2cc(F)ccc2N1C(=S)Nc1ccc2c(c1)OCO2. The Morgan fingerprint density at radius 3 is 2.92 bits per heavy atom. The maximum atomic E-state index is 13.5. The molecule has 0 aromatic heterocycles. The highest BCUT2D eigenvalue weighted by Gasteiger charge is 2.26. The van der Waals surface area contributed by atoms with E-state index in [0.717, 1.165) is 35.5 Å². The van der Waals surface area contributed by atoms with Gasteiger partial charge in [-0.3, -0.25) is 0 Å². The standard InChI is InChI=1S/C18H17FN2O2S/c1-11-2-3-12-8-13(19)4-6-15(12)21(11)18(24)20-14-5-7-16-17(9-14)23-10-22-16/h4-9,11H,2-3,10H2,1H3,(H,20,24). The van der Waals surface area contributed by atoms with E-state index in [1.165, 1.54) is 6.07 Å². The topological polar surface area (TPSA) is 33.7 Å². The number of benzene rings is 2. The quantitative estimate of drug-likeness (QED) is 0.788. The Balaban J connectivity index is 1.60. The van der Waals surface area contributed by atoms with Gasteiger partial charge in [-0.2, -0.15) is 0 Å². The maximum Gasteiger partial charge on any atom is 0.231 e. The Bertz CT molecular complexity index is 812. The summed E-state index contributed by atoms with van der Waals surface area (Å²) in [4.78, 5) is 2.05. The lowest BCUT2D eigenvalue weighted by Gasteiger charge is -2.37. The van der Waals surface area contributed by atoms with E-state index < -0.39 is 0 Å². The average Bonchev–Trinajstić information content (AvgIpc) is 3.02. The van der Waals surface area contributed by atoms with E-state index in [1.54, 1.807) is 12.1 Å². The fourth-order valence-corrected chi connectivity index (χ4v) is 3.58. The molecule has 0 fully saturated rings. The van der Waals surface area contributed by atoms with E-state index >= 15 is 0 Å². The molecule has 1 atom stereocenters. The summed E-state index contributed by atoms with van der Waals surface area (Å²) < 4.78 is 24.2. The number of hydrogen-bond donors (Lipinski definition) is 1. The number of thiocarbonyl (C=S) groups is 1. The molecule has 24 heavy (non-hydrogen) atoms. The highest BCUT2D eigenvalue weighted by Crippen LogP contribution is 2.35. The Kier molecular flexibility index (Phi) is 3.76. The lowest BCUT2D eigenvalue weighted by molar-refractivity contribution is 0.174. The van der Waals surface area contributed by atoms with Crippen molar-refractivity contribution in [3.05, 3.63) is 47.8 Å². The van der Waals surface area contributed by atoms with Crippen LogP contribution in [0.15, 0.2) is 36.4 Å². The molecule has 0 saturated carbocycles. The molecule has 2 aliphatic heterocycles. The van der Waals surface area contributed by atoms with E-state index in [1.807, 2.05) is 18.2 Å². The van der Waals surface area contributed by atoms with Crippen LogP contribution in [-0.4, -0.2) is 17.9 Å². The zero-order chi connectivity index (χ0) is 16.7. The van der Waals surface area contributed by atoms with Gasteiger partial charge in [0.2, 0.25) is 6.79 Å².